The van der Waals surface area contributed by atoms with Crippen molar-refractivity contribution in [2.75, 3.05) is 6.54 Å². The fraction of sp³-hybridized carbons (Fsp3) is 0.879. The van der Waals surface area contributed by atoms with Crippen molar-refractivity contribution in [1.82, 2.24) is 21.3 Å². The van der Waals surface area contributed by atoms with E-state index < -0.39 is 0 Å². The van der Waals surface area contributed by atoms with E-state index in [2.05, 4.69) is 263 Å². The van der Waals surface area contributed by atoms with E-state index in [-0.39, 0.29) is 76.0 Å². The highest BCUT2D eigenvalue weighted by Gasteiger charge is 2.51. The van der Waals surface area contributed by atoms with Gasteiger partial charge in [0, 0.05) is 118 Å². The number of amides is 3. The van der Waals surface area contributed by atoms with Gasteiger partial charge in [0.2, 0.25) is 17.7 Å². The lowest BCUT2D eigenvalue weighted by atomic mass is 9.60. The maximum Gasteiger partial charge on any atom is 0.225 e. The van der Waals surface area contributed by atoms with Gasteiger partial charge < -0.3 is 21.3 Å². The standard InChI is InChI=1S/C12H23NO.C12H20O2.C12H22O.C11H19NO.3C11H20O.C10H19NO.C8H15NO.CH4/c1-9(2)8-12(10(3)4)7-5-6-11(14)13-12;1-8(2)12(9(3)4)6-10(13)5-11(14)7-12;1-9(2)12(10(3)4)7-5-6-11(13)8-12;1-7(2)11(8(3)4)6-10(13)12-9(11)5;2*1-8(2)11(9(3)4)6-5-10(12)7-11;1-8(2)11(9(3)4)7-5-6-10(11)12;1-7(2)10(8(3)4)6-5-9(12)11-10;1-6(2)8(3)7(10)4-5-9-8;/h9-10H,5-8H2,1-4H3,(H,13,14);8-9H,5-7H2,1-4H3;9-10H,5-8H2,1-4H3;7-8H,5-6H2,1-4H3,(H,12,13);3*8-9H,5-7H2,1-4H3;7-8H,5-6H2,1-4H3,(H,11,12);6,9H,4-5H2,1-3H3;1H4. The third kappa shape index (κ3) is 27.7. The van der Waals surface area contributed by atoms with Crippen molar-refractivity contribution in [3.63, 3.8) is 0 Å². The number of nitrogens with one attached hydrogen (secondary N) is 4. The summed E-state index contributed by atoms with van der Waals surface area (Å²) in [6.07, 6.45) is 20.9. The number of rotatable bonds is 18. The van der Waals surface area contributed by atoms with E-state index in [0.29, 0.717) is 184 Å². The molecule has 4 saturated heterocycles. The van der Waals surface area contributed by atoms with Crippen LogP contribution in [0.1, 0.15) is 404 Å². The van der Waals surface area contributed by atoms with Crippen LogP contribution in [-0.4, -0.2) is 81.4 Å². The number of ketones is 7. The lowest BCUT2D eigenvalue weighted by Crippen LogP contribution is -2.55. The minimum absolute atomic E-state index is 0. The Kier molecular flexibility index (Phi) is 44.7. The average Bonchev–Trinajstić information content (AvgIpc) is 1.76. The number of hydrogen-bond acceptors (Lipinski definition) is 11. The van der Waals surface area contributed by atoms with Gasteiger partial charge in [0.15, 0.2) is 5.78 Å². The molecule has 9 rings (SSSR count). The van der Waals surface area contributed by atoms with E-state index in [1.165, 1.54) is 6.42 Å². The Morgan fingerprint density at radius 2 is 0.673 bits per heavy atom. The molecular formula is C99H182N4O10. The van der Waals surface area contributed by atoms with Crippen LogP contribution in [0.2, 0.25) is 0 Å². The number of allylic oxidation sites excluding steroid dienone is 1. The monoisotopic (exact) mass is 1590 g/mol. The van der Waals surface area contributed by atoms with Gasteiger partial charge in [0.25, 0.3) is 0 Å². The van der Waals surface area contributed by atoms with E-state index in [4.69, 9.17) is 0 Å². The van der Waals surface area contributed by atoms with Crippen LogP contribution in [0, 0.1) is 133 Å². The van der Waals surface area contributed by atoms with Crippen molar-refractivity contribution >= 4 is 58.2 Å². The quantitative estimate of drug-likeness (QED) is 0.0946. The highest BCUT2D eigenvalue weighted by molar-refractivity contribution is 6.02. The normalized spacial score (nSPS) is 23.9. The Morgan fingerprint density at radius 1 is 0.310 bits per heavy atom. The topological polar surface area (TPSA) is 219 Å². The maximum absolute atomic E-state index is 11.8. The van der Waals surface area contributed by atoms with E-state index in [0.717, 1.165) is 115 Å². The molecule has 2 atom stereocenters. The summed E-state index contributed by atoms with van der Waals surface area (Å²) in [7, 11) is 0. The predicted octanol–water partition coefficient (Wildman–Crippen LogP) is 23.7. The van der Waals surface area contributed by atoms with Crippen molar-refractivity contribution in [2.24, 2.45) is 133 Å². The van der Waals surface area contributed by atoms with Crippen LogP contribution in [0.15, 0.2) is 12.3 Å². The number of carbonyl (C=O) groups excluding carboxylic acids is 10. The fourth-order valence-electron chi connectivity index (χ4n) is 21.9. The van der Waals surface area contributed by atoms with Crippen LogP contribution < -0.4 is 21.3 Å². The Balaban J connectivity index is 0.00000125. The Bertz CT molecular complexity index is 2860. The molecule has 5 aliphatic carbocycles. The summed E-state index contributed by atoms with van der Waals surface area (Å²) in [5.74, 6) is 12.3. The summed E-state index contributed by atoms with van der Waals surface area (Å²) in [4.78, 5) is 114. The molecule has 0 spiro atoms. The zero-order valence-corrected chi connectivity index (χ0v) is 79.3. The zero-order valence-electron chi connectivity index (χ0n) is 79.3. The summed E-state index contributed by atoms with van der Waals surface area (Å²) in [6.45, 7) is 81.5. The van der Waals surface area contributed by atoms with Gasteiger partial charge in [-0.1, -0.05) is 249 Å². The summed E-state index contributed by atoms with van der Waals surface area (Å²) >= 11 is 0. The molecule has 14 nitrogen and oxygen atoms in total. The largest absolute Gasteiger partial charge is 0.350 e. The van der Waals surface area contributed by atoms with Crippen LogP contribution in [0.5, 0.6) is 0 Å². The molecule has 4 N–H and O–H groups in total. The van der Waals surface area contributed by atoms with Gasteiger partial charge >= 0.3 is 0 Å². The number of carbonyl (C=O) groups is 10. The SMILES string of the molecule is C.C=C1NC(=O)CC1(C(C)C)C(C)C.CC(C)C1(C(C)C)CC(=O)CC(=O)C1.CC(C)C1(C(C)C)CCC(=O)C1.CC(C)C1(C(C)C)CCC(=O)C1.CC(C)C1(C(C)C)CCC(=O)N1.CC(C)C1(C(C)C)CCCC(=O)C1.CC(C)C1(C(C)C)CCCC1=O.CC(C)C1(C)NCCC1=O.CC(C)CC1(C(C)C)CCCC(=O)N1. The molecule has 0 aromatic carbocycles. The van der Waals surface area contributed by atoms with Gasteiger partial charge in [-0.15, -0.1) is 0 Å². The lowest BCUT2D eigenvalue weighted by Gasteiger charge is -2.43. The van der Waals surface area contributed by atoms with Gasteiger partial charge in [-0.25, -0.2) is 0 Å². The molecule has 0 aromatic heterocycles. The molecule has 4 heterocycles. The Labute approximate surface area is 696 Å². The fourth-order valence-corrected chi connectivity index (χ4v) is 21.9. The molecule has 9 fully saturated rings. The van der Waals surface area contributed by atoms with Crippen molar-refractivity contribution in [2.45, 2.75) is 420 Å². The van der Waals surface area contributed by atoms with Crippen molar-refractivity contribution in [3.05, 3.63) is 12.3 Å². The van der Waals surface area contributed by atoms with Gasteiger partial charge in [-0.2, -0.15) is 0 Å². The Hall–Kier alpha value is -4.20. The highest BCUT2D eigenvalue weighted by Crippen LogP contribution is 2.53. The second kappa shape index (κ2) is 46.4. The third-order valence-electron chi connectivity index (χ3n) is 31.1. The van der Waals surface area contributed by atoms with E-state index in [1.807, 2.05) is 6.92 Å². The maximum atomic E-state index is 11.8. The molecular weight excluding hydrogens is 1410 g/mol. The minimum Gasteiger partial charge on any atom is -0.350 e. The van der Waals surface area contributed by atoms with Gasteiger partial charge in [0.05, 0.1) is 12.0 Å². The van der Waals surface area contributed by atoms with Gasteiger partial charge in [-0.05, 0) is 193 Å². The summed E-state index contributed by atoms with van der Waals surface area (Å²) in [5.41, 5.74) is 1.65. The molecule has 0 aromatic rings. The lowest BCUT2D eigenvalue weighted by molar-refractivity contribution is -0.138. The van der Waals surface area contributed by atoms with Gasteiger partial charge in [0.1, 0.15) is 34.7 Å². The molecule has 658 valence electrons. The van der Waals surface area contributed by atoms with Crippen LogP contribution in [0.3, 0.4) is 0 Å². The zero-order chi connectivity index (χ0) is 87.2. The number of piperidine rings is 1. The summed E-state index contributed by atoms with van der Waals surface area (Å²) in [6, 6.07) is 0. The van der Waals surface area contributed by atoms with Crippen LogP contribution in [0.25, 0.3) is 0 Å². The number of hydrogen-bond donors (Lipinski definition) is 4. The van der Waals surface area contributed by atoms with E-state index in [9.17, 15) is 47.9 Å². The first kappa shape index (κ1) is 109. The van der Waals surface area contributed by atoms with Crippen LogP contribution in [0.4, 0.5) is 0 Å². The first-order valence-corrected chi connectivity index (χ1v) is 45.3. The molecule has 3 amide bonds. The second-order valence-electron chi connectivity index (χ2n) is 42.1. The van der Waals surface area contributed by atoms with E-state index >= 15 is 0 Å². The number of Topliss-reactive ketones (excluding diaryl/α,β-unsaturated/α-hetero) is 7. The first-order valence-electron chi connectivity index (χ1n) is 45.3. The molecule has 0 radical (unpaired) electrons. The minimum atomic E-state index is -0.236. The molecule has 5 saturated carbocycles. The summed E-state index contributed by atoms with van der Waals surface area (Å²) in [5, 5.41) is 12.4. The second-order valence-corrected chi connectivity index (χ2v) is 42.1. The molecule has 2 unspecified atom stereocenters. The van der Waals surface area contributed by atoms with Crippen molar-refractivity contribution in [1.29, 1.82) is 0 Å². The smallest absolute Gasteiger partial charge is 0.225 e. The van der Waals surface area contributed by atoms with Gasteiger partial charge in [-0.3, -0.25) is 47.9 Å². The summed E-state index contributed by atoms with van der Waals surface area (Å²) < 4.78 is 0. The van der Waals surface area contributed by atoms with Crippen LogP contribution in [-0.2, 0) is 47.9 Å². The third-order valence-corrected chi connectivity index (χ3v) is 31.1. The van der Waals surface area contributed by atoms with Crippen molar-refractivity contribution in [3.8, 4) is 0 Å². The first-order chi connectivity index (χ1) is 51.3. The van der Waals surface area contributed by atoms with Crippen LogP contribution >= 0.6 is 0 Å². The Morgan fingerprint density at radius 3 is 0.885 bits per heavy atom. The molecule has 4 aliphatic heterocycles. The molecule has 0 bridgehead atoms. The molecule has 9 aliphatic rings. The average molecular weight is 1590 g/mol. The van der Waals surface area contributed by atoms with Crippen molar-refractivity contribution < 1.29 is 47.9 Å². The molecule has 113 heavy (non-hydrogen) atoms. The molecule has 14 heteroatoms. The highest BCUT2D eigenvalue weighted by atomic mass is 16.2. The van der Waals surface area contributed by atoms with E-state index in [1.54, 1.807) is 0 Å². The predicted molar refractivity (Wildman–Crippen MR) is 475 cm³/mol.